The molecular weight excluding hydrogens is 485 g/mol. The van der Waals surface area contributed by atoms with Crippen molar-refractivity contribution >= 4 is 29.9 Å². The van der Waals surface area contributed by atoms with Gasteiger partial charge in [0.25, 0.3) is 0 Å². The molecule has 1 aliphatic rings. The summed E-state index contributed by atoms with van der Waals surface area (Å²) in [5.74, 6) is 1.63. The Morgan fingerprint density at radius 3 is 2.48 bits per heavy atom. The lowest BCUT2D eigenvalue weighted by molar-refractivity contribution is 0.00986. The summed E-state index contributed by atoms with van der Waals surface area (Å²) in [4.78, 5) is 6.91. The van der Waals surface area contributed by atoms with E-state index in [0.717, 1.165) is 69.4 Å². The van der Waals surface area contributed by atoms with Crippen LogP contribution in [0.25, 0.3) is 0 Å². The fourth-order valence-corrected chi connectivity index (χ4v) is 3.22. The Balaban J connectivity index is 0.00000420. The summed E-state index contributed by atoms with van der Waals surface area (Å²) in [6.07, 6.45) is 2.57. The topological polar surface area (TPSA) is 75.6 Å². The number of guanidine groups is 1. The third-order valence-electron chi connectivity index (χ3n) is 4.84. The highest BCUT2D eigenvalue weighted by Gasteiger charge is 2.22. The Morgan fingerprint density at radius 1 is 1.21 bits per heavy atom. The molecular formula is C21H36IN3O4. The van der Waals surface area contributed by atoms with Gasteiger partial charge in [-0.05, 0) is 43.9 Å². The van der Waals surface area contributed by atoms with Crippen LogP contribution in [-0.4, -0.2) is 75.7 Å². The van der Waals surface area contributed by atoms with Crippen molar-refractivity contribution in [3.63, 3.8) is 0 Å². The highest BCUT2D eigenvalue weighted by atomic mass is 127. The molecule has 29 heavy (non-hydrogen) atoms. The number of aliphatic imine (C=N–C) groups is 1. The van der Waals surface area contributed by atoms with Gasteiger partial charge in [0, 0.05) is 40.0 Å². The summed E-state index contributed by atoms with van der Waals surface area (Å²) >= 11 is 0. The van der Waals surface area contributed by atoms with Crippen molar-refractivity contribution in [2.24, 2.45) is 4.99 Å². The molecule has 1 aromatic rings. The summed E-state index contributed by atoms with van der Waals surface area (Å²) in [6, 6.07) is 7.45. The number of aliphatic hydroxyl groups excluding tert-OH is 1. The Hall–Kier alpha value is -1.10. The predicted octanol–water partition coefficient (Wildman–Crippen LogP) is 2.83. The van der Waals surface area contributed by atoms with Gasteiger partial charge in [0.15, 0.2) is 5.96 Å². The van der Waals surface area contributed by atoms with Crippen molar-refractivity contribution in [1.29, 1.82) is 0 Å². The summed E-state index contributed by atoms with van der Waals surface area (Å²) in [5.41, 5.74) is 0.837. The normalized spacial score (nSPS) is 16.3. The van der Waals surface area contributed by atoms with Crippen LogP contribution in [0.5, 0.6) is 5.75 Å². The van der Waals surface area contributed by atoms with E-state index in [1.165, 1.54) is 0 Å². The van der Waals surface area contributed by atoms with E-state index in [-0.39, 0.29) is 24.0 Å². The first-order valence-corrected chi connectivity index (χ1v) is 10.1. The van der Waals surface area contributed by atoms with Crippen LogP contribution < -0.4 is 10.1 Å². The maximum absolute atomic E-state index is 10.5. The number of piperidine rings is 1. The Labute approximate surface area is 191 Å². The van der Waals surface area contributed by atoms with Gasteiger partial charge >= 0.3 is 0 Å². The molecule has 1 aliphatic heterocycles. The van der Waals surface area contributed by atoms with Crippen LogP contribution in [-0.2, 0) is 9.47 Å². The van der Waals surface area contributed by atoms with Gasteiger partial charge in [0.05, 0.1) is 25.9 Å². The minimum absolute atomic E-state index is 0. The van der Waals surface area contributed by atoms with Crippen molar-refractivity contribution in [2.45, 2.75) is 38.4 Å². The second kappa shape index (κ2) is 14.8. The average Bonchev–Trinajstić information content (AvgIpc) is 2.74. The number of halogens is 1. The van der Waals surface area contributed by atoms with E-state index in [1.807, 2.05) is 24.3 Å². The number of hydrogen-bond acceptors (Lipinski definition) is 5. The quantitative estimate of drug-likeness (QED) is 0.214. The average molecular weight is 521 g/mol. The van der Waals surface area contributed by atoms with Gasteiger partial charge in [0.1, 0.15) is 5.75 Å². The number of ether oxygens (including phenoxy) is 3. The van der Waals surface area contributed by atoms with Crippen LogP contribution in [0.15, 0.2) is 29.3 Å². The molecule has 2 rings (SSSR count). The van der Waals surface area contributed by atoms with E-state index < -0.39 is 6.10 Å². The second-order valence-corrected chi connectivity index (χ2v) is 6.89. The molecule has 8 heteroatoms. The molecule has 0 aromatic heterocycles. The largest absolute Gasteiger partial charge is 0.497 e. The van der Waals surface area contributed by atoms with Gasteiger partial charge in [-0.1, -0.05) is 12.1 Å². The van der Waals surface area contributed by atoms with Crippen molar-refractivity contribution in [3.8, 4) is 5.75 Å². The van der Waals surface area contributed by atoms with Crippen LogP contribution in [0.4, 0.5) is 0 Å². The minimum Gasteiger partial charge on any atom is -0.497 e. The Bertz CT molecular complexity index is 578. The van der Waals surface area contributed by atoms with Gasteiger partial charge < -0.3 is 29.5 Å². The molecule has 0 spiro atoms. The number of likely N-dealkylation sites (tertiary alicyclic amines) is 1. The second-order valence-electron chi connectivity index (χ2n) is 6.89. The van der Waals surface area contributed by atoms with Crippen LogP contribution in [0.3, 0.4) is 0 Å². The van der Waals surface area contributed by atoms with E-state index in [1.54, 1.807) is 14.2 Å². The highest BCUT2D eigenvalue weighted by Crippen LogP contribution is 2.18. The SMILES string of the molecule is CCNC(=NCC(O)c1ccc(OC)cc1)N1CCC(OCCCOC)CC1.I. The van der Waals surface area contributed by atoms with Crippen molar-refractivity contribution in [3.05, 3.63) is 29.8 Å². The number of nitrogens with zero attached hydrogens (tertiary/aromatic N) is 2. The number of aliphatic hydroxyl groups is 1. The lowest BCUT2D eigenvalue weighted by atomic mass is 10.1. The van der Waals surface area contributed by atoms with E-state index in [2.05, 4.69) is 22.1 Å². The van der Waals surface area contributed by atoms with Crippen LogP contribution in [0.1, 0.15) is 37.9 Å². The van der Waals surface area contributed by atoms with Crippen molar-refractivity contribution in [1.82, 2.24) is 10.2 Å². The molecule has 0 amide bonds. The summed E-state index contributed by atoms with van der Waals surface area (Å²) in [5, 5.41) is 13.8. The molecule has 1 saturated heterocycles. The first-order chi connectivity index (χ1) is 13.7. The molecule has 1 fully saturated rings. The van der Waals surface area contributed by atoms with Gasteiger partial charge in [-0.2, -0.15) is 0 Å². The van der Waals surface area contributed by atoms with Gasteiger partial charge in [-0.3, -0.25) is 4.99 Å². The monoisotopic (exact) mass is 521 g/mol. The molecule has 1 atom stereocenters. The van der Waals surface area contributed by atoms with E-state index in [9.17, 15) is 5.11 Å². The minimum atomic E-state index is -0.638. The lowest BCUT2D eigenvalue weighted by Crippen LogP contribution is -2.47. The molecule has 0 bridgehead atoms. The Kier molecular flexibility index (Phi) is 13.2. The highest BCUT2D eigenvalue weighted by molar-refractivity contribution is 14.0. The maximum Gasteiger partial charge on any atom is 0.194 e. The van der Waals surface area contributed by atoms with E-state index in [0.29, 0.717) is 12.6 Å². The van der Waals surface area contributed by atoms with Crippen LogP contribution >= 0.6 is 24.0 Å². The fourth-order valence-electron chi connectivity index (χ4n) is 3.22. The maximum atomic E-state index is 10.5. The summed E-state index contributed by atoms with van der Waals surface area (Å²) < 4.78 is 16.1. The molecule has 2 N–H and O–H groups in total. The molecule has 1 heterocycles. The molecule has 0 aliphatic carbocycles. The molecule has 166 valence electrons. The number of benzene rings is 1. The van der Waals surface area contributed by atoms with Gasteiger partial charge in [-0.25, -0.2) is 0 Å². The number of methoxy groups -OCH3 is 2. The molecule has 0 radical (unpaired) electrons. The molecule has 1 aromatic carbocycles. The number of hydrogen-bond donors (Lipinski definition) is 2. The molecule has 7 nitrogen and oxygen atoms in total. The third-order valence-corrected chi connectivity index (χ3v) is 4.84. The predicted molar refractivity (Wildman–Crippen MR) is 126 cm³/mol. The van der Waals surface area contributed by atoms with Gasteiger partial charge in [0.2, 0.25) is 0 Å². The van der Waals surface area contributed by atoms with Crippen molar-refractivity contribution < 1.29 is 19.3 Å². The van der Waals surface area contributed by atoms with Gasteiger partial charge in [-0.15, -0.1) is 24.0 Å². The summed E-state index contributed by atoms with van der Waals surface area (Å²) in [7, 11) is 3.35. The zero-order chi connectivity index (χ0) is 20.2. The smallest absolute Gasteiger partial charge is 0.194 e. The van der Waals surface area contributed by atoms with Crippen molar-refractivity contribution in [2.75, 3.05) is 53.6 Å². The number of rotatable bonds is 10. The first-order valence-electron chi connectivity index (χ1n) is 10.1. The zero-order valence-corrected chi connectivity index (χ0v) is 20.1. The number of nitrogens with one attached hydrogen (secondary N) is 1. The zero-order valence-electron chi connectivity index (χ0n) is 17.8. The molecule has 0 saturated carbocycles. The standard InChI is InChI=1S/C21H35N3O4.HI/c1-4-22-21(23-16-20(25)17-6-8-18(27-3)9-7-17)24-12-10-19(11-13-24)28-15-5-14-26-2;/h6-9,19-20,25H,4-5,10-16H2,1-3H3,(H,22,23);1H. The lowest BCUT2D eigenvalue weighted by Gasteiger charge is -2.34. The first kappa shape index (κ1) is 25.9. The van der Waals surface area contributed by atoms with E-state index >= 15 is 0 Å². The Morgan fingerprint density at radius 2 is 1.90 bits per heavy atom. The van der Waals surface area contributed by atoms with Crippen LogP contribution in [0, 0.1) is 0 Å². The van der Waals surface area contributed by atoms with Crippen LogP contribution in [0.2, 0.25) is 0 Å². The summed E-state index contributed by atoms with van der Waals surface area (Å²) in [6.45, 7) is 6.47. The fraction of sp³-hybridized carbons (Fsp3) is 0.667. The van der Waals surface area contributed by atoms with E-state index in [4.69, 9.17) is 14.2 Å². The molecule has 1 unspecified atom stereocenters. The third kappa shape index (κ3) is 9.06.